The van der Waals surface area contributed by atoms with E-state index in [2.05, 4.69) is 0 Å². The number of aromatic hydroxyl groups is 1. The number of benzene rings is 1. The van der Waals surface area contributed by atoms with Crippen molar-refractivity contribution in [2.24, 2.45) is 5.73 Å². The number of rotatable bonds is 3. The van der Waals surface area contributed by atoms with Crippen molar-refractivity contribution >= 4 is 5.78 Å². The number of Topliss-reactive ketones (excluding diaryl/α,β-unsaturated/α-hetero) is 1. The number of carbonyl (C=O) groups excluding carboxylic acids is 1. The van der Waals surface area contributed by atoms with E-state index < -0.39 is 36.0 Å². The van der Waals surface area contributed by atoms with Crippen molar-refractivity contribution in [3.63, 3.8) is 0 Å². The molecule has 0 radical (unpaired) electrons. The number of hydrogen-bond acceptors (Lipinski definition) is 3. The van der Waals surface area contributed by atoms with Crippen LogP contribution in [0.2, 0.25) is 0 Å². The highest BCUT2D eigenvalue weighted by atomic mass is 16.3. The Labute approximate surface area is 84.2 Å². The van der Waals surface area contributed by atoms with Crippen molar-refractivity contribution in [2.45, 2.75) is 19.3 Å². The number of hydrogen-bond donors (Lipinski definition) is 2. The number of ketones is 1. The molecular formula is C10H13NO2. The van der Waals surface area contributed by atoms with Gasteiger partial charge >= 0.3 is 0 Å². The molecule has 0 saturated carbocycles. The molecule has 0 aromatic heterocycles. The fourth-order valence-electron chi connectivity index (χ4n) is 0.717. The molecule has 3 heteroatoms. The van der Waals surface area contributed by atoms with Gasteiger partial charge in [-0.05, 0) is 31.0 Å². The van der Waals surface area contributed by atoms with Crippen molar-refractivity contribution in [1.82, 2.24) is 0 Å². The summed E-state index contributed by atoms with van der Waals surface area (Å²) in [5.74, 6) is -1.48. The van der Waals surface area contributed by atoms with Gasteiger partial charge in [0.05, 0.1) is 11.5 Å². The summed E-state index contributed by atoms with van der Waals surface area (Å²) in [5.41, 5.74) is 5.06. The second-order valence-electron chi connectivity index (χ2n) is 2.48. The minimum Gasteiger partial charge on any atom is -0.508 e. The van der Waals surface area contributed by atoms with Crippen LogP contribution in [0.3, 0.4) is 0 Å². The smallest absolute Gasteiger partial charge is 0.146 e. The van der Waals surface area contributed by atoms with Crippen LogP contribution < -0.4 is 5.73 Å². The van der Waals surface area contributed by atoms with Gasteiger partial charge in [-0.3, -0.25) is 4.79 Å². The normalized spacial score (nSPS) is 22.8. The maximum atomic E-state index is 11.2. The maximum absolute atomic E-state index is 11.2. The predicted molar refractivity (Wildman–Crippen MR) is 50.5 cm³/mol. The first kappa shape index (κ1) is 4.77. The van der Waals surface area contributed by atoms with Crippen LogP contribution in [0.4, 0.5) is 0 Å². The lowest BCUT2D eigenvalue weighted by atomic mass is 10.0. The Kier molecular flexibility index (Phi) is 1.48. The lowest BCUT2D eigenvalue weighted by Gasteiger charge is -2.07. The fourth-order valence-corrected chi connectivity index (χ4v) is 0.717. The minimum absolute atomic E-state index is 0.337. The van der Waals surface area contributed by atoms with Crippen LogP contribution in [-0.4, -0.2) is 16.9 Å². The molecule has 0 amide bonds. The summed E-state index contributed by atoms with van der Waals surface area (Å²) in [5, 5.41) is 9.44. The minimum atomic E-state index is -2.30. The van der Waals surface area contributed by atoms with Gasteiger partial charge in [-0.1, -0.05) is 12.1 Å². The molecule has 1 aromatic carbocycles. The molecule has 3 nitrogen and oxygen atoms in total. The van der Waals surface area contributed by atoms with E-state index in [4.69, 9.17) is 12.6 Å². The highest BCUT2D eigenvalue weighted by molar-refractivity contribution is 5.81. The van der Waals surface area contributed by atoms with Crippen LogP contribution in [-0.2, 0) is 11.2 Å². The molecule has 0 fully saturated rings. The molecule has 3 N–H and O–H groups in total. The molecule has 0 aliphatic heterocycles. The van der Waals surface area contributed by atoms with Gasteiger partial charge in [0.1, 0.15) is 11.5 Å². The van der Waals surface area contributed by atoms with E-state index in [1.54, 1.807) is 0 Å². The summed E-state index contributed by atoms with van der Waals surface area (Å²) in [6.07, 6.45) is -1.68. The third kappa shape index (κ3) is 2.87. The lowest BCUT2D eigenvalue weighted by molar-refractivity contribution is -0.118. The van der Waals surface area contributed by atoms with E-state index in [1.165, 1.54) is 0 Å². The molecule has 1 unspecified atom stereocenters. The highest BCUT2D eigenvalue weighted by Gasteiger charge is 2.08. The number of phenolic OH excluding ortho intramolecular Hbond substituents is 1. The van der Waals surface area contributed by atoms with Crippen LogP contribution in [0.5, 0.6) is 5.75 Å². The molecule has 0 bridgehead atoms. The van der Waals surface area contributed by atoms with E-state index in [0.717, 1.165) is 13.0 Å². The predicted octanol–water partition coefficient (Wildman–Crippen LogP) is 0.851. The van der Waals surface area contributed by atoms with E-state index in [0.29, 0.717) is 0 Å². The van der Waals surface area contributed by atoms with Crippen molar-refractivity contribution in [3.8, 4) is 5.75 Å². The van der Waals surface area contributed by atoms with Crippen LogP contribution in [0, 0.1) is 0 Å². The van der Waals surface area contributed by atoms with E-state index in [-0.39, 0.29) is 11.6 Å². The second-order valence-corrected chi connectivity index (χ2v) is 2.48. The van der Waals surface area contributed by atoms with Gasteiger partial charge in [0.25, 0.3) is 0 Å². The molecule has 13 heavy (non-hydrogen) atoms. The van der Waals surface area contributed by atoms with Gasteiger partial charge in [0.15, 0.2) is 0 Å². The van der Waals surface area contributed by atoms with E-state index >= 15 is 0 Å². The van der Waals surface area contributed by atoms with E-state index in [9.17, 15) is 9.90 Å². The second kappa shape index (κ2) is 4.05. The third-order valence-electron chi connectivity index (χ3n) is 1.40. The van der Waals surface area contributed by atoms with Gasteiger partial charge in [-0.15, -0.1) is 0 Å². The topological polar surface area (TPSA) is 63.3 Å². The van der Waals surface area contributed by atoms with Crippen molar-refractivity contribution in [1.29, 1.82) is 0 Å². The Balaban J connectivity index is 3.43. The van der Waals surface area contributed by atoms with Gasteiger partial charge in [-0.25, -0.2) is 0 Å². The molecule has 0 aliphatic rings. The van der Waals surface area contributed by atoms with Gasteiger partial charge in [0, 0.05) is 1.37 Å². The molecule has 1 aromatic rings. The summed E-state index contributed by atoms with van der Waals surface area (Å²) >= 11 is 0. The van der Waals surface area contributed by atoms with Crippen LogP contribution in [0.15, 0.2) is 24.2 Å². The molecule has 0 aliphatic carbocycles. The van der Waals surface area contributed by atoms with Gasteiger partial charge in [-0.2, -0.15) is 0 Å². The Bertz CT molecular complexity index is 504. The highest BCUT2D eigenvalue weighted by Crippen LogP contribution is 2.12. The molecule has 1 rings (SSSR count). The van der Waals surface area contributed by atoms with Gasteiger partial charge in [0.2, 0.25) is 0 Å². The monoisotopic (exact) mass is 184 g/mol. The summed E-state index contributed by atoms with van der Waals surface area (Å²) in [6, 6.07) is -2.76. The first-order valence-electron chi connectivity index (χ1n) is 6.20. The molecule has 70 valence electrons. The lowest BCUT2D eigenvalue weighted by Crippen LogP contribution is -2.30. The van der Waals surface area contributed by atoms with Crippen molar-refractivity contribution < 1.29 is 16.8 Å². The average molecular weight is 184 g/mol. The Morgan fingerprint density at radius 3 is 3.23 bits per heavy atom. The molecule has 0 spiro atoms. The number of carbonyl (C=O) groups is 1. The molecule has 2 atom stereocenters. The molecule has 0 heterocycles. The number of phenols is 1. The zero-order chi connectivity index (χ0) is 14.2. The molecule has 0 saturated heterocycles. The summed E-state index contributed by atoms with van der Waals surface area (Å²) in [7, 11) is 0. The van der Waals surface area contributed by atoms with Crippen molar-refractivity contribution in [3.05, 3.63) is 29.8 Å². The Morgan fingerprint density at radius 2 is 2.62 bits per heavy atom. The zero-order valence-electron chi connectivity index (χ0n) is 12.1. The zero-order valence-corrected chi connectivity index (χ0v) is 7.09. The first-order chi connectivity index (χ1) is 8.10. The average Bonchev–Trinajstić information content (AvgIpc) is 2.25. The maximum Gasteiger partial charge on any atom is 0.146 e. The Morgan fingerprint density at radius 1 is 1.92 bits per heavy atom. The number of nitrogens with two attached hydrogens (primary N) is 1. The standard InChI is InChI=1S/C10H13NO2/c1-7(12)10(11)6-8-3-2-4-9(13)5-8/h2-5,10,13H,6,11H2,1H3/t10-/m0/s1/i3D,4D,5D,6D,10D/t6?,10-. The molecular weight excluding hydrogens is 166 g/mol. The summed E-state index contributed by atoms with van der Waals surface area (Å²) in [4.78, 5) is 11.2. The summed E-state index contributed by atoms with van der Waals surface area (Å²) < 4.78 is 37.8. The summed E-state index contributed by atoms with van der Waals surface area (Å²) in [6.45, 7) is 1.04. The third-order valence-corrected chi connectivity index (χ3v) is 1.40. The van der Waals surface area contributed by atoms with Crippen molar-refractivity contribution in [2.75, 3.05) is 0 Å². The van der Waals surface area contributed by atoms with Crippen LogP contribution in [0.1, 0.15) is 19.3 Å². The quantitative estimate of drug-likeness (QED) is 0.732. The Hall–Kier alpha value is -1.35. The first-order valence-corrected chi connectivity index (χ1v) is 3.62. The van der Waals surface area contributed by atoms with Crippen LogP contribution in [0.25, 0.3) is 0 Å². The fraction of sp³-hybridized carbons (Fsp3) is 0.300. The van der Waals surface area contributed by atoms with Crippen LogP contribution >= 0.6 is 0 Å². The largest absolute Gasteiger partial charge is 0.508 e. The van der Waals surface area contributed by atoms with E-state index in [1.807, 2.05) is 0 Å². The SMILES string of the molecule is [2H]c1cc([2H])c(C([2H])[C@]([2H])(N)C(C)=O)c([2H])c1O. The van der Waals surface area contributed by atoms with Gasteiger partial charge < -0.3 is 10.8 Å².